The van der Waals surface area contributed by atoms with Gasteiger partial charge >= 0.3 is 0 Å². The van der Waals surface area contributed by atoms with Crippen LogP contribution in [0.3, 0.4) is 0 Å². The standard InChI is InChI=1S/C18H20N2O/c1-11(2)21-15-7-5-14(6-8-15)18-19-16-9-12(3)13(4)10-17(16)20-18/h5-11H,1-4H3,(H,19,20). The lowest BCUT2D eigenvalue weighted by Crippen LogP contribution is -2.05. The van der Waals surface area contributed by atoms with Gasteiger partial charge in [0.2, 0.25) is 0 Å². The van der Waals surface area contributed by atoms with E-state index < -0.39 is 0 Å². The lowest BCUT2D eigenvalue weighted by molar-refractivity contribution is 0.242. The van der Waals surface area contributed by atoms with Gasteiger partial charge in [0.05, 0.1) is 17.1 Å². The van der Waals surface area contributed by atoms with Crippen LogP contribution in [0, 0.1) is 13.8 Å². The molecule has 3 nitrogen and oxygen atoms in total. The Kier molecular flexibility index (Phi) is 3.42. The fraction of sp³-hybridized carbons (Fsp3) is 0.278. The van der Waals surface area contributed by atoms with Crippen LogP contribution < -0.4 is 4.74 Å². The van der Waals surface area contributed by atoms with Crippen LogP contribution in [0.4, 0.5) is 0 Å². The molecule has 1 aromatic heterocycles. The molecule has 2 aromatic carbocycles. The van der Waals surface area contributed by atoms with Gasteiger partial charge in [0, 0.05) is 5.56 Å². The summed E-state index contributed by atoms with van der Waals surface area (Å²) in [7, 11) is 0. The molecular weight excluding hydrogens is 260 g/mol. The monoisotopic (exact) mass is 280 g/mol. The maximum Gasteiger partial charge on any atom is 0.138 e. The molecule has 0 atom stereocenters. The lowest BCUT2D eigenvalue weighted by atomic mass is 10.1. The predicted molar refractivity (Wildman–Crippen MR) is 86.8 cm³/mol. The second-order valence-electron chi connectivity index (χ2n) is 5.73. The highest BCUT2D eigenvalue weighted by molar-refractivity contribution is 5.81. The normalized spacial score (nSPS) is 11.3. The largest absolute Gasteiger partial charge is 0.491 e. The number of fused-ring (bicyclic) bond motifs is 1. The molecule has 0 unspecified atom stereocenters. The average molecular weight is 280 g/mol. The summed E-state index contributed by atoms with van der Waals surface area (Å²) in [6.45, 7) is 8.28. The highest BCUT2D eigenvalue weighted by Gasteiger charge is 2.07. The molecule has 0 radical (unpaired) electrons. The van der Waals surface area contributed by atoms with Gasteiger partial charge in [-0.15, -0.1) is 0 Å². The molecule has 0 saturated heterocycles. The zero-order chi connectivity index (χ0) is 15.0. The van der Waals surface area contributed by atoms with E-state index in [4.69, 9.17) is 4.74 Å². The van der Waals surface area contributed by atoms with Crippen LogP contribution in [0.5, 0.6) is 5.75 Å². The number of aromatic nitrogens is 2. The molecule has 0 amide bonds. The second-order valence-corrected chi connectivity index (χ2v) is 5.73. The number of benzene rings is 2. The molecule has 1 N–H and O–H groups in total. The van der Waals surface area contributed by atoms with Crippen molar-refractivity contribution in [3.63, 3.8) is 0 Å². The third kappa shape index (κ3) is 2.77. The summed E-state index contributed by atoms with van der Waals surface area (Å²) in [5, 5.41) is 0. The third-order valence-electron chi connectivity index (χ3n) is 3.60. The molecule has 3 aromatic rings. The maximum absolute atomic E-state index is 5.66. The maximum atomic E-state index is 5.66. The van der Waals surface area contributed by atoms with Gasteiger partial charge in [0.1, 0.15) is 11.6 Å². The van der Waals surface area contributed by atoms with Crippen LogP contribution >= 0.6 is 0 Å². The molecule has 1 heterocycles. The number of hydrogen-bond acceptors (Lipinski definition) is 2. The van der Waals surface area contributed by atoms with Crippen molar-refractivity contribution >= 4 is 11.0 Å². The smallest absolute Gasteiger partial charge is 0.138 e. The molecular formula is C18H20N2O. The van der Waals surface area contributed by atoms with E-state index in [1.54, 1.807) is 0 Å². The minimum atomic E-state index is 0.188. The van der Waals surface area contributed by atoms with Crippen LogP contribution in [-0.4, -0.2) is 16.1 Å². The first-order valence-electron chi connectivity index (χ1n) is 7.27. The Hall–Kier alpha value is -2.29. The van der Waals surface area contributed by atoms with Crippen molar-refractivity contribution in [3.8, 4) is 17.1 Å². The van der Waals surface area contributed by atoms with Crippen LogP contribution in [0.2, 0.25) is 0 Å². The molecule has 0 aliphatic rings. The fourth-order valence-electron chi connectivity index (χ4n) is 2.37. The van der Waals surface area contributed by atoms with Gasteiger partial charge in [-0.2, -0.15) is 0 Å². The summed E-state index contributed by atoms with van der Waals surface area (Å²) in [4.78, 5) is 8.07. The Morgan fingerprint density at radius 1 is 1.00 bits per heavy atom. The van der Waals surface area contributed by atoms with E-state index in [1.807, 2.05) is 38.1 Å². The average Bonchev–Trinajstić information content (AvgIpc) is 2.82. The lowest BCUT2D eigenvalue weighted by Gasteiger charge is -2.09. The summed E-state index contributed by atoms with van der Waals surface area (Å²) in [6.07, 6.45) is 0.188. The number of aryl methyl sites for hydroxylation is 2. The zero-order valence-electron chi connectivity index (χ0n) is 12.9. The number of nitrogens with zero attached hydrogens (tertiary/aromatic N) is 1. The van der Waals surface area contributed by atoms with Crippen LogP contribution in [0.1, 0.15) is 25.0 Å². The van der Waals surface area contributed by atoms with Gasteiger partial charge in [0.15, 0.2) is 0 Å². The highest BCUT2D eigenvalue weighted by Crippen LogP contribution is 2.24. The second kappa shape index (κ2) is 5.24. The van der Waals surface area contributed by atoms with Gasteiger partial charge < -0.3 is 9.72 Å². The number of H-pyrrole nitrogens is 1. The number of ether oxygens (including phenoxy) is 1. The topological polar surface area (TPSA) is 37.9 Å². The van der Waals surface area contributed by atoms with Crippen molar-refractivity contribution in [2.45, 2.75) is 33.8 Å². The van der Waals surface area contributed by atoms with E-state index in [0.29, 0.717) is 0 Å². The molecule has 0 aliphatic carbocycles. The Bertz CT molecular complexity index is 731. The molecule has 3 rings (SSSR count). The third-order valence-corrected chi connectivity index (χ3v) is 3.60. The molecule has 108 valence electrons. The first-order chi connectivity index (χ1) is 10.0. The van der Waals surface area contributed by atoms with E-state index >= 15 is 0 Å². The molecule has 3 heteroatoms. The Morgan fingerprint density at radius 3 is 2.33 bits per heavy atom. The quantitative estimate of drug-likeness (QED) is 0.759. The molecule has 0 saturated carbocycles. The van der Waals surface area contributed by atoms with Gasteiger partial charge in [-0.3, -0.25) is 0 Å². The zero-order valence-corrected chi connectivity index (χ0v) is 12.9. The van der Waals surface area contributed by atoms with Crippen molar-refractivity contribution in [1.29, 1.82) is 0 Å². The van der Waals surface area contributed by atoms with Gasteiger partial charge in [-0.05, 0) is 75.2 Å². The molecule has 0 spiro atoms. The molecule has 0 fully saturated rings. The van der Waals surface area contributed by atoms with Gasteiger partial charge in [-0.25, -0.2) is 4.98 Å². The fourth-order valence-corrected chi connectivity index (χ4v) is 2.37. The van der Waals surface area contributed by atoms with Crippen LogP contribution in [0.25, 0.3) is 22.4 Å². The Balaban J connectivity index is 1.96. The summed E-state index contributed by atoms with van der Waals surface area (Å²) < 4.78 is 5.66. The summed E-state index contributed by atoms with van der Waals surface area (Å²) >= 11 is 0. The van der Waals surface area contributed by atoms with Gasteiger partial charge in [-0.1, -0.05) is 0 Å². The number of rotatable bonds is 3. The van der Waals surface area contributed by atoms with E-state index in [2.05, 4.69) is 35.9 Å². The van der Waals surface area contributed by atoms with E-state index in [-0.39, 0.29) is 6.10 Å². The van der Waals surface area contributed by atoms with Crippen molar-refractivity contribution in [2.75, 3.05) is 0 Å². The van der Waals surface area contributed by atoms with E-state index in [9.17, 15) is 0 Å². The molecule has 0 bridgehead atoms. The molecule has 0 aliphatic heterocycles. The first kappa shape index (κ1) is 13.7. The van der Waals surface area contributed by atoms with Gasteiger partial charge in [0.25, 0.3) is 0 Å². The van der Waals surface area contributed by atoms with Crippen molar-refractivity contribution < 1.29 is 4.74 Å². The van der Waals surface area contributed by atoms with Crippen LogP contribution in [0.15, 0.2) is 36.4 Å². The number of hydrogen-bond donors (Lipinski definition) is 1. The molecule has 21 heavy (non-hydrogen) atoms. The van der Waals surface area contributed by atoms with Crippen molar-refractivity contribution in [3.05, 3.63) is 47.5 Å². The minimum absolute atomic E-state index is 0.188. The minimum Gasteiger partial charge on any atom is -0.491 e. The van der Waals surface area contributed by atoms with Crippen molar-refractivity contribution in [2.24, 2.45) is 0 Å². The van der Waals surface area contributed by atoms with Crippen molar-refractivity contribution in [1.82, 2.24) is 9.97 Å². The highest BCUT2D eigenvalue weighted by atomic mass is 16.5. The SMILES string of the molecule is Cc1cc2nc(-c3ccc(OC(C)C)cc3)[nH]c2cc1C. The van der Waals surface area contributed by atoms with E-state index in [1.165, 1.54) is 11.1 Å². The summed E-state index contributed by atoms with van der Waals surface area (Å²) in [5.41, 5.74) is 5.70. The Morgan fingerprint density at radius 2 is 1.67 bits per heavy atom. The number of nitrogens with one attached hydrogen (secondary N) is 1. The summed E-state index contributed by atoms with van der Waals surface area (Å²) in [6, 6.07) is 12.3. The van der Waals surface area contributed by atoms with E-state index in [0.717, 1.165) is 28.2 Å². The van der Waals surface area contributed by atoms with Crippen LogP contribution in [-0.2, 0) is 0 Å². The number of imidazole rings is 1. The Labute approximate surface area is 125 Å². The number of aromatic amines is 1. The first-order valence-corrected chi connectivity index (χ1v) is 7.27. The summed E-state index contributed by atoms with van der Waals surface area (Å²) in [5.74, 6) is 1.78. The predicted octanol–water partition coefficient (Wildman–Crippen LogP) is 4.63.